The third-order valence-corrected chi connectivity index (χ3v) is 12.3. The Labute approximate surface area is 203 Å². The molecule has 6 nitrogen and oxygen atoms in total. The fourth-order valence-corrected chi connectivity index (χ4v) is 6.53. The molecule has 0 aliphatic rings. The number of aliphatic hydroxyl groups excluding tert-OH is 1. The fraction of sp³-hybridized carbons (Fsp3) is 0.481. The van der Waals surface area contributed by atoms with E-state index in [1.165, 1.54) is 0 Å². The number of carboxylic acids is 1. The Hall–Kier alpha value is -2.64. The Morgan fingerprint density at radius 3 is 2.35 bits per heavy atom. The van der Waals surface area contributed by atoms with E-state index in [4.69, 9.17) is 9.41 Å². The van der Waals surface area contributed by atoms with Gasteiger partial charge in [-0.15, -0.1) is 0 Å². The molecule has 1 aromatic carbocycles. The quantitative estimate of drug-likeness (QED) is 0.348. The second kappa shape index (κ2) is 9.54. The van der Waals surface area contributed by atoms with Gasteiger partial charge in [0.2, 0.25) is 0 Å². The third-order valence-electron chi connectivity index (χ3n) is 7.88. The number of benzene rings is 1. The van der Waals surface area contributed by atoms with Crippen molar-refractivity contribution in [3.63, 3.8) is 0 Å². The van der Waals surface area contributed by atoms with Gasteiger partial charge in [0.05, 0.1) is 17.4 Å². The standard InChI is InChI=1S/C27H38N2O4Si/c1-17(2)27(5,6)34(7,8)33-24-21(14-15-23(30)20-12-10-9-11-13-20)22(26(31)32)16-29-19(4)18(3)28-25(24)29/h9-13,16-17,23,30H,14-15H2,1-8H3,(H,31,32)/t23-/m1/s1. The molecule has 0 aliphatic carbocycles. The van der Waals surface area contributed by atoms with Crippen molar-refractivity contribution in [2.75, 3.05) is 0 Å². The Balaban J connectivity index is 2.17. The van der Waals surface area contributed by atoms with E-state index >= 15 is 0 Å². The molecule has 1 atom stereocenters. The number of hydrogen-bond donors (Lipinski definition) is 2. The van der Waals surface area contributed by atoms with Crippen LogP contribution in [0, 0.1) is 19.8 Å². The molecule has 0 spiro atoms. The number of rotatable bonds is 9. The summed E-state index contributed by atoms with van der Waals surface area (Å²) < 4.78 is 8.71. The molecular weight excluding hydrogens is 444 g/mol. The molecule has 184 valence electrons. The predicted molar refractivity (Wildman–Crippen MR) is 138 cm³/mol. The maximum absolute atomic E-state index is 12.4. The first kappa shape index (κ1) is 26.0. The summed E-state index contributed by atoms with van der Waals surface area (Å²) in [5.41, 5.74) is 3.97. The van der Waals surface area contributed by atoms with Crippen molar-refractivity contribution in [3.8, 4) is 5.75 Å². The number of carboxylic acid groups (broad SMARTS) is 1. The zero-order chi connectivity index (χ0) is 25.4. The summed E-state index contributed by atoms with van der Waals surface area (Å²) in [5.74, 6) is -0.0783. The summed E-state index contributed by atoms with van der Waals surface area (Å²) in [7, 11) is -2.38. The Bertz CT molecular complexity index is 1180. The molecule has 0 saturated heterocycles. The molecule has 0 fully saturated rings. The number of pyridine rings is 1. The van der Waals surface area contributed by atoms with E-state index in [0.29, 0.717) is 35.7 Å². The summed E-state index contributed by atoms with van der Waals surface area (Å²) in [5, 5.41) is 20.9. The van der Waals surface area contributed by atoms with Gasteiger partial charge in [0, 0.05) is 17.5 Å². The maximum atomic E-state index is 12.4. The highest BCUT2D eigenvalue weighted by Gasteiger charge is 2.46. The van der Waals surface area contributed by atoms with E-state index in [-0.39, 0.29) is 10.6 Å². The molecular formula is C27H38N2O4Si. The molecule has 7 heteroatoms. The van der Waals surface area contributed by atoms with Crippen LogP contribution < -0.4 is 4.43 Å². The van der Waals surface area contributed by atoms with Crippen molar-refractivity contribution < 1.29 is 19.4 Å². The molecule has 3 rings (SSSR count). The minimum atomic E-state index is -2.38. The van der Waals surface area contributed by atoms with E-state index in [9.17, 15) is 15.0 Å². The van der Waals surface area contributed by atoms with E-state index in [2.05, 4.69) is 40.8 Å². The monoisotopic (exact) mass is 482 g/mol. The van der Waals surface area contributed by atoms with E-state index in [0.717, 1.165) is 17.0 Å². The molecule has 2 heterocycles. The average Bonchev–Trinajstić information content (AvgIpc) is 3.06. The van der Waals surface area contributed by atoms with Gasteiger partial charge in [-0.2, -0.15) is 0 Å². The van der Waals surface area contributed by atoms with Gasteiger partial charge in [0.1, 0.15) is 0 Å². The Morgan fingerprint density at radius 1 is 1.18 bits per heavy atom. The molecule has 0 saturated carbocycles. The molecule has 0 aliphatic heterocycles. The second-order valence-corrected chi connectivity index (χ2v) is 15.1. The molecule has 0 unspecified atom stereocenters. The number of fused-ring (bicyclic) bond motifs is 1. The molecule has 0 radical (unpaired) electrons. The van der Waals surface area contributed by atoms with Crippen molar-refractivity contribution >= 4 is 19.9 Å². The Morgan fingerprint density at radius 2 is 1.79 bits per heavy atom. The van der Waals surface area contributed by atoms with Crippen LogP contribution in [0.1, 0.15) is 73.1 Å². The van der Waals surface area contributed by atoms with Gasteiger partial charge < -0.3 is 19.0 Å². The van der Waals surface area contributed by atoms with E-state index in [1.54, 1.807) is 6.20 Å². The van der Waals surface area contributed by atoms with Gasteiger partial charge in [0.15, 0.2) is 11.4 Å². The highest BCUT2D eigenvalue weighted by Crippen LogP contribution is 2.46. The number of hydrogen-bond acceptors (Lipinski definition) is 4. The van der Waals surface area contributed by atoms with Crippen molar-refractivity contribution in [3.05, 3.63) is 64.6 Å². The third kappa shape index (κ3) is 4.77. The average molecular weight is 483 g/mol. The smallest absolute Gasteiger partial charge is 0.337 e. The highest BCUT2D eigenvalue weighted by atomic mass is 28.4. The number of nitrogens with zero attached hydrogens (tertiary/aromatic N) is 2. The Kier molecular flexibility index (Phi) is 7.29. The summed E-state index contributed by atoms with van der Waals surface area (Å²) in [6.07, 6.45) is 1.69. The van der Waals surface area contributed by atoms with Gasteiger partial charge in [-0.25, -0.2) is 9.78 Å². The van der Waals surface area contributed by atoms with Gasteiger partial charge in [-0.05, 0) is 56.3 Å². The number of aromatic nitrogens is 2. The topological polar surface area (TPSA) is 84.1 Å². The van der Waals surface area contributed by atoms with Crippen LogP contribution in [-0.4, -0.2) is 33.9 Å². The summed E-state index contributed by atoms with van der Waals surface area (Å²) >= 11 is 0. The molecule has 2 N–H and O–H groups in total. The SMILES string of the molecule is Cc1nc2c(O[Si](C)(C)C(C)(C)C(C)C)c(CC[C@@H](O)c3ccccc3)c(C(=O)O)cn2c1C. The predicted octanol–water partition coefficient (Wildman–Crippen LogP) is 6.34. The lowest BCUT2D eigenvalue weighted by molar-refractivity contribution is 0.0694. The fourth-order valence-electron chi connectivity index (χ4n) is 4.15. The first-order chi connectivity index (χ1) is 15.8. The van der Waals surface area contributed by atoms with Gasteiger partial charge in [0.25, 0.3) is 8.32 Å². The lowest BCUT2D eigenvalue weighted by atomic mass is 9.98. The molecule has 34 heavy (non-hydrogen) atoms. The van der Waals surface area contributed by atoms with Crippen molar-refractivity contribution in [2.45, 2.75) is 78.6 Å². The number of aryl methyl sites for hydroxylation is 2. The molecule has 0 bridgehead atoms. The van der Waals surface area contributed by atoms with Crippen LogP contribution in [-0.2, 0) is 6.42 Å². The van der Waals surface area contributed by atoms with Gasteiger partial charge in [-0.3, -0.25) is 0 Å². The number of imidazole rings is 1. The minimum Gasteiger partial charge on any atom is -0.541 e. The van der Waals surface area contributed by atoms with Crippen LogP contribution in [0.5, 0.6) is 5.75 Å². The van der Waals surface area contributed by atoms with Gasteiger partial charge in [-0.1, -0.05) is 58.0 Å². The number of carbonyl (C=O) groups is 1. The van der Waals surface area contributed by atoms with E-state index in [1.807, 2.05) is 48.6 Å². The molecule has 0 amide bonds. The van der Waals surface area contributed by atoms with Crippen LogP contribution in [0.2, 0.25) is 18.1 Å². The summed E-state index contributed by atoms with van der Waals surface area (Å²) in [6, 6.07) is 9.45. The van der Waals surface area contributed by atoms with Crippen LogP contribution in [0.25, 0.3) is 5.65 Å². The lowest BCUT2D eigenvalue weighted by Crippen LogP contribution is -2.48. The first-order valence-corrected chi connectivity index (χ1v) is 14.8. The maximum Gasteiger partial charge on any atom is 0.337 e. The second-order valence-electron chi connectivity index (χ2n) is 10.6. The van der Waals surface area contributed by atoms with E-state index < -0.39 is 20.4 Å². The minimum absolute atomic E-state index is 0.0687. The molecule has 3 aromatic rings. The van der Waals surface area contributed by atoms with Crippen LogP contribution >= 0.6 is 0 Å². The molecule has 2 aromatic heterocycles. The number of aliphatic hydroxyl groups is 1. The normalized spacial score (nSPS) is 13.5. The largest absolute Gasteiger partial charge is 0.541 e. The van der Waals surface area contributed by atoms with Crippen LogP contribution in [0.3, 0.4) is 0 Å². The van der Waals surface area contributed by atoms with Gasteiger partial charge >= 0.3 is 5.97 Å². The number of aromatic carboxylic acids is 1. The van der Waals surface area contributed by atoms with Crippen LogP contribution in [0.4, 0.5) is 0 Å². The zero-order valence-electron chi connectivity index (χ0n) is 21.6. The van der Waals surface area contributed by atoms with Crippen molar-refractivity contribution in [2.24, 2.45) is 5.92 Å². The first-order valence-electron chi connectivity index (χ1n) is 11.9. The highest BCUT2D eigenvalue weighted by molar-refractivity contribution is 6.75. The van der Waals surface area contributed by atoms with Crippen molar-refractivity contribution in [1.82, 2.24) is 9.38 Å². The summed E-state index contributed by atoms with van der Waals surface area (Å²) in [6.45, 7) is 17.1. The zero-order valence-corrected chi connectivity index (χ0v) is 22.6. The lowest BCUT2D eigenvalue weighted by Gasteiger charge is -2.42. The van der Waals surface area contributed by atoms with Crippen molar-refractivity contribution in [1.29, 1.82) is 0 Å². The van der Waals surface area contributed by atoms with Crippen LogP contribution in [0.15, 0.2) is 36.5 Å². The summed E-state index contributed by atoms with van der Waals surface area (Å²) in [4.78, 5) is 17.2.